The molecule has 142 valence electrons. The van der Waals surface area contributed by atoms with Gasteiger partial charge in [0.15, 0.2) is 5.96 Å². The van der Waals surface area contributed by atoms with Crippen LogP contribution in [0.1, 0.15) is 44.1 Å². The minimum Gasteiger partial charge on any atom is -0.493 e. The summed E-state index contributed by atoms with van der Waals surface area (Å²) in [5.41, 5.74) is 1.29. The van der Waals surface area contributed by atoms with Crippen LogP contribution in [-0.2, 0) is 4.74 Å². The van der Waals surface area contributed by atoms with Crippen molar-refractivity contribution in [3.05, 3.63) is 29.8 Å². The molecule has 1 atom stereocenters. The summed E-state index contributed by atoms with van der Waals surface area (Å²) < 4.78 is 11.3. The fourth-order valence-corrected chi connectivity index (χ4v) is 2.80. The summed E-state index contributed by atoms with van der Waals surface area (Å²) in [5.74, 6) is 2.33. The van der Waals surface area contributed by atoms with Gasteiger partial charge in [-0.15, -0.1) is 24.0 Å². The average Bonchev–Trinajstić information content (AvgIpc) is 2.63. The molecule has 0 bridgehead atoms. The van der Waals surface area contributed by atoms with Crippen LogP contribution in [0.5, 0.6) is 5.75 Å². The van der Waals surface area contributed by atoms with Crippen molar-refractivity contribution in [3.8, 4) is 5.75 Å². The Balaban J connectivity index is 0.00000312. The summed E-state index contributed by atoms with van der Waals surface area (Å²) in [6.07, 6.45) is 4.35. The topological polar surface area (TPSA) is 54.9 Å². The van der Waals surface area contributed by atoms with Crippen molar-refractivity contribution in [1.29, 1.82) is 0 Å². The predicted octanol–water partition coefficient (Wildman–Crippen LogP) is 3.54. The standard InChI is InChI=1S/C19H31N3O2.HI/c1-3-4-12-23-13-7-11-21-19(20-2)22-15-16-10-14-24-18-9-6-5-8-17(16)18;/h5-6,8-9,16H,3-4,7,10-15H2,1-2H3,(H2,20,21,22);1H. The number of nitrogens with one attached hydrogen (secondary N) is 2. The number of unbranched alkanes of at least 4 members (excludes halogenated alkanes) is 1. The molecule has 1 aromatic rings. The first-order valence-corrected chi connectivity index (χ1v) is 9.09. The highest BCUT2D eigenvalue weighted by atomic mass is 127. The third kappa shape index (κ3) is 7.81. The lowest BCUT2D eigenvalue weighted by molar-refractivity contribution is 0.129. The number of ether oxygens (including phenoxy) is 2. The second kappa shape index (κ2) is 13.2. The van der Waals surface area contributed by atoms with Crippen molar-refractivity contribution >= 4 is 29.9 Å². The number of nitrogens with zero attached hydrogens (tertiary/aromatic N) is 1. The highest BCUT2D eigenvalue weighted by Crippen LogP contribution is 2.32. The van der Waals surface area contributed by atoms with Crippen LogP contribution in [-0.4, -0.2) is 45.9 Å². The zero-order chi connectivity index (χ0) is 17.0. The van der Waals surface area contributed by atoms with Gasteiger partial charge >= 0.3 is 0 Å². The van der Waals surface area contributed by atoms with Gasteiger partial charge in [-0.05, 0) is 30.9 Å². The van der Waals surface area contributed by atoms with Crippen molar-refractivity contribution in [1.82, 2.24) is 10.6 Å². The number of halogens is 1. The largest absolute Gasteiger partial charge is 0.493 e. The van der Waals surface area contributed by atoms with Gasteiger partial charge in [0.2, 0.25) is 0 Å². The van der Waals surface area contributed by atoms with Crippen LogP contribution in [0, 0.1) is 0 Å². The molecule has 1 aromatic carbocycles. The molecule has 0 fully saturated rings. The Kier molecular flexibility index (Phi) is 11.6. The first-order valence-electron chi connectivity index (χ1n) is 9.09. The Bertz CT molecular complexity index is 511. The van der Waals surface area contributed by atoms with Crippen LogP contribution in [0.3, 0.4) is 0 Å². The molecule has 0 saturated heterocycles. The molecule has 1 heterocycles. The van der Waals surface area contributed by atoms with Crippen LogP contribution >= 0.6 is 24.0 Å². The minimum absolute atomic E-state index is 0. The first-order chi connectivity index (χ1) is 11.8. The van der Waals surface area contributed by atoms with Gasteiger partial charge in [0.25, 0.3) is 0 Å². The second-order valence-corrected chi connectivity index (χ2v) is 6.07. The molecular weight excluding hydrogens is 429 g/mol. The fraction of sp³-hybridized carbons (Fsp3) is 0.632. The molecule has 5 nitrogen and oxygen atoms in total. The third-order valence-electron chi connectivity index (χ3n) is 4.22. The monoisotopic (exact) mass is 461 g/mol. The maximum atomic E-state index is 5.72. The minimum atomic E-state index is 0. The zero-order valence-electron chi connectivity index (χ0n) is 15.4. The molecule has 0 aliphatic carbocycles. The van der Waals surface area contributed by atoms with E-state index in [2.05, 4.69) is 34.7 Å². The van der Waals surface area contributed by atoms with Gasteiger partial charge in [0.05, 0.1) is 6.61 Å². The molecule has 0 amide bonds. The lowest BCUT2D eigenvalue weighted by atomic mass is 9.93. The SMILES string of the molecule is CCCCOCCCNC(=NC)NCC1CCOc2ccccc21.I. The summed E-state index contributed by atoms with van der Waals surface area (Å²) >= 11 is 0. The normalized spacial score (nSPS) is 16.4. The molecule has 0 saturated carbocycles. The van der Waals surface area contributed by atoms with Gasteiger partial charge in [-0.3, -0.25) is 4.99 Å². The number of hydrogen-bond acceptors (Lipinski definition) is 3. The van der Waals surface area contributed by atoms with Gasteiger partial charge in [0.1, 0.15) is 5.75 Å². The summed E-state index contributed by atoms with van der Waals surface area (Å²) in [6.45, 7) is 6.37. The van der Waals surface area contributed by atoms with E-state index >= 15 is 0 Å². The number of para-hydroxylation sites is 1. The van der Waals surface area contributed by atoms with E-state index in [1.807, 2.05) is 19.2 Å². The van der Waals surface area contributed by atoms with Crippen molar-refractivity contribution < 1.29 is 9.47 Å². The maximum Gasteiger partial charge on any atom is 0.190 e. The molecule has 6 heteroatoms. The number of rotatable bonds is 9. The smallest absolute Gasteiger partial charge is 0.190 e. The average molecular weight is 461 g/mol. The molecule has 2 rings (SSSR count). The van der Waals surface area contributed by atoms with Gasteiger partial charge in [0, 0.05) is 39.3 Å². The fourth-order valence-electron chi connectivity index (χ4n) is 2.80. The second-order valence-electron chi connectivity index (χ2n) is 6.07. The highest BCUT2D eigenvalue weighted by Gasteiger charge is 2.20. The molecule has 0 aromatic heterocycles. The van der Waals surface area contributed by atoms with E-state index in [0.29, 0.717) is 5.92 Å². The van der Waals surface area contributed by atoms with Gasteiger partial charge in [-0.1, -0.05) is 31.5 Å². The lowest BCUT2D eigenvalue weighted by Crippen LogP contribution is -2.40. The number of benzene rings is 1. The first kappa shape index (κ1) is 22.0. The van der Waals surface area contributed by atoms with Crippen LogP contribution in [0.15, 0.2) is 29.3 Å². The third-order valence-corrected chi connectivity index (χ3v) is 4.22. The van der Waals surface area contributed by atoms with E-state index in [-0.39, 0.29) is 24.0 Å². The summed E-state index contributed by atoms with van der Waals surface area (Å²) in [5, 5.41) is 6.79. The Morgan fingerprint density at radius 2 is 2.04 bits per heavy atom. The number of fused-ring (bicyclic) bond motifs is 1. The van der Waals surface area contributed by atoms with Crippen molar-refractivity contribution in [2.24, 2.45) is 4.99 Å². The van der Waals surface area contributed by atoms with E-state index in [0.717, 1.165) is 63.9 Å². The molecule has 0 radical (unpaired) electrons. The Labute approximate surface area is 169 Å². The van der Waals surface area contributed by atoms with Crippen LogP contribution in [0.2, 0.25) is 0 Å². The highest BCUT2D eigenvalue weighted by molar-refractivity contribution is 14.0. The molecular formula is C19H32IN3O2. The summed E-state index contributed by atoms with van der Waals surface area (Å²) in [6, 6.07) is 8.31. The van der Waals surface area contributed by atoms with E-state index in [9.17, 15) is 0 Å². The van der Waals surface area contributed by atoms with Crippen molar-refractivity contribution in [3.63, 3.8) is 0 Å². The molecule has 2 N–H and O–H groups in total. The van der Waals surface area contributed by atoms with Crippen molar-refractivity contribution in [2.75, 3.05) is 40.0 Å². The van der Waals surface area contributed by atoms with E-state index in [1.165, 1.54) is 12.0 Å². The van der Waals surface area contributed by atoms with E-state index in [1.54, 1.807) is 0 Å². The molecule has 25 heavy (non-hydrogen) atoms. The number of aliphatic imine (C=N–C) groups is 1. The van der Waals surface area contributed by atoms with Crippen LogP contribution < -0.4 is 15.4 Å². The van der Waals surface area contributed by atoms with Gasteiger partial charge in [-0.2, -0.15) is 0 Å². The predicted molar refractivity (Wildman–Crippen MR) is 114 cm³/mol. The summed E-state index contributed by atoms with van der Waals surface area (Å²) in [4.78, 5) is 4.30. The maximum absolute atomic E-state index is 5.72. The Morgan fingerprint density at radius 3 is 2.84 bits per heavy atom. The number of guanidine groups is 1. The molecule has 1 aliphatic heterocycles. The van der Waals surface area contributed by atoms with Crippen LogP contribution in [0.4, 0.5) is 0 Å². The zero-order valence-corrected chi connectivity index (χ0v) is 17.8. The van der Waals surface area contributed by atoms with Gasteiger partial charge < -0.3 is 20.1 Å². The van der Waals surface area contributed by atoms with E-state index in [4.69, 9.17) is 9.47 Å². The lowest BCUT2D eigenvalue weighted by Gasteiger charge is -2.26. The molecule has 1 aliphatic rings. The van der Waals surface area contributed by atoms with Gasteiger partial charge in [-0.25, -0.2) is 0 Å². The Hall–Kier alpha value is -1.02. The molecule has 1 unspecified atom stereocenters. The van der Waals surface area contributed by atoms with Crippen LogP contribution in [0.25, 0.3) is 0 Å². The Morgan fingerprint density at radius 1 is 1.24 bits per heavy atom. The summed E-state index contributed by atoms with van der Waals surface area (Å²) in [7, 11) is 1.81. The quantitative estimate of drug-likeness (QED) is 0.256. The number of hydrogen-bond donors (Lipinski definition) is 2. The molecule has 0 spiro atoms. The van der Waals surface area contributed by atoms with E-state index < -0.39 is 0 Å². The van der Waals surface area contributed by atoms with Crippen molar-refractivity contribution in [2.45, 2.75) is 38.5 Å².